The summed E-state index contributed by atoms with van der Waals surface area (Å²) < 4.78 is 11.1. The monoisotopic (exact) mass is 290 g/mol. The first kappa shape index (κ1) is 14.3. The summed E-state index contributed by atoms with van der Waals surface area (Å²) in [4.78, 5) is 0. The molecule has 4 atom stereocenters. The number of fused-ring (bicyclic) bond motifs is 1. The molecule has 5 nitrogen and oxygen atoms in total. The zero-order valence-electron chi connectivity index (χ0n) is 11.4. The zero-order valence-corrected chi connectivity index (χ0v) is 11.4. The lowest BCUT2D eigenvalue weighted by atomic mass is 10.0. The van der Waals surface area contributed by atoms with Crippen molar-refractivity contribution in [2.24, 2.45) is 0 Å². The molecule has 3 N–H and O–H groups in total. The van der Waals surface area contributed by atoms with Crippen molar-refractivity contribution in [2.45, 2.75) is 31.0 Å². The first-order valence-electron chi connectivity index (χ1n) is 6.95. The van der Waals surface area contributed by atoms with Crippen LogP contribution in [0, 0.1) is 0 Å². The molecule has 0 spiro atoms. The highest BCUT2D eigenvalue weighted by molar-refractivity contribution is 5.83. The Kier molecular flexibility index (Phi) is 4.07. The van der Waals surface area contributed by atoms with E-state index in [1.54, 1.807) is 6.07 Å². The third-order valence-electron chi connectivity index (χ3n) is 3.69. The topological polar surface area (TPSA) is 79.2 Å². The summed E-state index contributed by atoms with van der Waals surface area (Å²) in [5.74, 6) is 0.575. The van der Waals surface area contributed by atoms with Crippen molar-refractivity contribution in [3.63, 3.8) is 0 Å². The molecule has 2 aromatic carbocycles. The molecule has 0 aromatic heterocycles. The Hall–Kier alpha value is -1.66. The van der Waals surface area contributed by atoms with E-state index in [1.165, 1.54) is 0 Å². The summed E-state index contributed by atoms with van der Waals surface area (Å²) in [5.41, 5.74) is 0. The van der Waals surface area contributed by atoms with Gasteiger partial charge in [0.1, 0.15) is 18.0 Å². The number of aliphatic hydroxyl groups is 3. The van der Waals surface area contributed by atoms with E-state index in [1.807, 2.05) is 36.4 Å². The van der Waals surface area contributed by atoms with Crippen LogP contribution >= 0.6 is 0 Å². The van der Waals surface area contributed by atoms with E-state index in [0.717, 1.165) is 10.8 Å². The van der Waals surface area contributed by atoms with Gasteiger partial charge in [-0.2, -0.15) is 0 Å². The third-order valence-corrected chi connectivity index (χ3v) is 3.69. The van der Waals surface area contributed by atoms with E-state index in [0.29, 0.717) is 5.75 Å². The highest BCUT2D eigenvalue weighted by atomic mass is 16.7. The molecule has 5 heteroatoms. The second kappa shape index (κ2) is 5.99. The van der Waals surface area contributed by atoms with Gasteiger partial charge in [-0.05, 0) is 22.9 Å². The Morgan fingerprint density at radius 2 is 1.81 bits per heavy atom. The molecule has 0 saturated carbocycles. The van der Waals surface area contributed by atoms with E-state index < -0.39 is 24.6 Å². The summed E-state index contributed by atoms with van der Waals surface area (Å²) in [5, 5.41) is 30.9. The van der Waals surface area contributed by atoms with Crippen molar-refractivity contribution >= 4 is 10.8 Å². The fourth-order valence-corrected chi connectivity index (χ4v) is 2.51. The molecule has 0 radical (unpaired) electrons. The molecule has 0 amide bonds. The number of hydrogen-bond acceptors (Lipinski definition) is 5. The van der Waals surface area contributed by atoms with Gasteiger partial charge in [0.15, 0.2) is 0 Å². The Balaban J connectivity index is 1.77. The minimum atomic E-state index is -0.936. The summed E-state index contributed by atoms with van der Waals surface area (Å²) in [6.45, 7) is -0.314. The largest absolute Gasteiger partial charge is 0.462 e. The molecular weight excluding hydrogens is 272 g/mol. The lowest BCUT2D eigenvalue weighted by Gasteiger charge is -2.36. The maximum absolute atomic E-state index is 9.94. The molecule has 0 aliphatic carbocycles. The average Bonchev–Trinajstić information content (AvgIpc) is 2.50. The Bertz CT molecular complexity index is 614. The Morgan fingerprint density at radius 1 is 1.05 bits per heavy atom. The summed E-state index contributed by atoms with van der Waals surface area (Å²) in [6.07, 6.45) is -3.34. The second-order valence-electron chi connectivity index (χ2n) is 5.22. The molecule has 0 bridgehead atoms. The van der Waals surface area contributed by atoms with E-state index in [9.17, 15) is 10.2 Å². The van der Waals surface area contributed by atoms with Crippen LogP contribution in [0.2, 0.25) is 0 Å². The van der Waals surface area contributed by atoms with E-state index in [-0.39, 0.29) is 13.0 Å². The predicted molar refractivity (Wildman–Crippen MR) is 77.0 cm³/mol. The van der Waals surface area contributed by atoms with Gasteiger partial charge < -0.3 is 24.8 Å². The molecule has 1 aliphatic heterocycles. The van der Waals surface area contributed by atoms with Gasteiger partial charge in [-0.15, -0.1) is 0 Å². The molecule has 0 unspecified atom stereocenters. The standard InChI is InChI=1S/C16H18O5/c17-9-15-13(18)8-14(19)16(21-15)20-12-6-5-10-3-1-2-4-11(10)7-12/h1-7,13-19H,8-9H2/t13-,14-,15-,16-/m1/s1. The van der Waals surface area contributed by atoms with Gasteiger partial charge in [-0.3, -0.25) is 0 Å². The second-order valence-corrected chi connectivity index (χ2v) is 5.22. The first-order chi connectivity index (χ1) is 10.2. The van der Waals surface area contributed by atoms with Crippen LogP contribution in [0.1, 0.15) is 6.42 Å². The maximum Gasteiger partial charge on any atom is 0.226 e. The summed E-state index contributed by atoms with van der Waals surface area (Å²) in [7, 11) is 0. The quantitative estimate of drug-likeness (QED) is 0.787. The van der Waals surface area contributed by atoms with Crippen molar-refractivity contribution in [1.82, 2.24) is 0 Å². The van der Waals surface area contributed by atoms with Gasteiger partial charge in [0.25, 0.3) is 0 Å². The van der Waals surface area contributed by atoms with Crippen LogP contribution in [0.25, 0.3) is 10.8 Å². The number of rotatable bonds is 3. The van der Waals surface area contributed by atoms with Crippen molar-refractivity contribution in [3.05, 3.63) is 42.5 Å². The van der Waals surface area contributed by atoms with Crippen LogP contribution in [0.5, 0.6) is 5.75 Å². The van der Waals surface area contributed by atoms with Gasteiger partial charge in [0, 0.05) is 6.42 Å². The molecular formula is C16H18O5. The number of ether oxygens (including phenoxy) is 2. The van der Waals surface area contributed by atoms with Gasteiger partial charge in [-0.25, -0.2) is 0 Å². The highest BCUT2D eigenvalue weighted by Crippen LogP contribution is 2.26. The van der Waals surface area contributed by atoms with Crippen molar-refractivity contribution in [3.8, 4) is 5.75 Å². The first-order valence-corrected chi connectivity index (χ1v) is 6.95. The van der Waals surface area contributed by atoms with Crippen LogP contribution in [0.15, 0.2) is 42.5 Å². The normalized spacial score (nSPS) is 29.5. The molecule has 112 valence electrons. The number of benzene rings is 2. The number of aliphatic hydroxyl groups excluding tert-OH is 3. The van der Waals surface area contributed by atoms with Crippen molar-refractivity contribution < 1.29 is 24.8 Å². The van der Waals surface area contributed by atoms with Gasteiger partial charge in [-0.1, -0.05) is 30.3 Å². The lowest BCUT2D eigenvalue weighted by molar-refractivity contribution is -0.240. The molecule has 2 aromatic rings. The van der Waals surface area contributed by atoms with Crippen LogP contribution in [0.4, 0.5) is 0 Å². The SMILES string of the molecule is OC[C@H]1O[C@@H](Oc2ccc3ccccc3c2)[C@H](O)C[C@H]1O. The maximum atomic E-state index is 9.94. The van der Waals surface area contributed by atoms with Gasteiger partial charge in [0.05, 0.1) is 12.7 Å². The molecule has 1 aliphatic rings. The van der Waals surface area contributed by atoms with E-state index >= 15 is 0 Å². The van der Waals surface area contributed by atoms with Crippen LogP contribution in [0.3, 0.4) is 0 Å². The highest BCUT2D eigenvalue weighted by Gasteiger charge is 2.37. The van der Waals surface area contributed by atoms with E-state index in [2.05, 4.69) is 0 Å². The smallest absolute Gasteiger partial charge is 0.226 e. The molecule has 1 heterocycles. The van der Waals surface area contributed by atoms with Crippen LogP contribution < -0.4 is 4.74 Å². The molecule has 3 rings (SSSR count). The minimum absolute atomic E-state index is 0.115. The summed E-state index contributed by atoms with van der Waals surface area (Å²) in [6, 6.07) is 13.5. The summed E-state index contributed by atoms with van der Waals surface area (Å²) >= 11 is 0. The Labute approximate surface area is 122 Å². The number of hydrogen-bond donors (Lipinski definition) is 3. The molecule has 1 saturated heterocycles. The van der Waals surface area contributed by atoms with E-state index in [4.69, 9.17) is 14.6 Å². The fourth-order valence-electron chi connectivity index (χ4n) is 2.51. The fraction of sp³-hybridized carbons (Fsp3) is 0.375. The molecule has 1 fully saturated rings. The average molecular weight is 290 g/mol. The Morgan fingerprint density at radius 3 is 2.57 bits per heavy atom. The zero-order chi connectivity index (χ0) is 14.8. The lowest BCUT2D eigenvalue weighted by Crippen LogP contribution is -2.50. The third kappa shape index (κ3) is 3.01. The van der Waals surface area contributed by atoms with Crippen molar-refractivity contribution in [2.75, 3.05) is 6.61 Å². The predicted octanol–water partition coefficient (Wildman–Crippen LogP) is 1.05. The van der Waals surface area contributed by atoms with Crippen molar-refractivity contribution in [1.29, 1.82) is 0 Å². The minimum Gasteiger partial charge on any atom is -0.462 e. The van der Waals surface area contributed by atoms with Crippen LogP contribution in [-0.2, 0) is 4.74 Å². The van der Waals surface area contributed by atoms with Gasteiger partial charge in [0.2, 0.25) is 6.29 Å². The van der Waals surface area contributed by atoms with Gasteiger partial charge >= 0.3 is 0 Å². The molecule has 21 heavy (non-hydrogen) atoms. The van der Waals surface area contributed by atoms with Crippen LogP contribution in [-0.4, -0.2) is 46.5 Å².